The predicted molar refractivity (Wildman–Crippen MR) is 158 cm³/mol. The van der Waals surface area contributed by atoms with Gasteiger partial charge in [0.15, 0.2) is 0 Å². The largest absolute Gasteiger partial charge is 0.277 e. The van der Waals surface area contributed by atoms with Crippen molar-refractivity contribution in [2.45, 2.75) is 9.79 Å². The van der Waals surface area contributed by atoms with Gasteiger partial charge in [-0.2, -0.15) is 0 Å². The second-order valence-corrected chi connectivity index (χ2v) is 12.0. The Labute approximate surface area is 251 Å². The summed E-state index contributed by atoms with van der Waals surface area (Å²) in [6.45, 7) is 0. The Kier molecular flexibility index (Phi) is 9.44. The fourth-order valence-electron chi connectivity index (χ4n) is 3.98. The van der Waals surface area contributed by atoms with Gasteiger partial charge in [-0.25, -0.2) is 16.8 Å². The Balaban J connectivity index is 0.000000184. The van der Waals surface area contributed by atoms with Crippen LogP contribution in [0.1, 0.15) is 0 Å². The number of pyridine rings is 2. The number of nitrogens with one attached hydrogen (secondary N) is 2. The van der Waals surface area contributed by atoms with Gasteiger partial charge in [0.2, 0.25) is 0 Å². The van der Waals surface area contributed by atoms with Crippen molar-refractivity contribution < 1.29 is 36.3 Å². The van der Waals surface area contributed by atoms with Gasteiger partial charge >= 0.3 is 0 Å². The molecule has 4 aromatic carbocycles. The third kappa shape index (κ3) is 7.13. The Hall–Kier alpha value is -4.18. The molecular formula is C30H24N4O4S2Zn. The summed E-state index contributed by atoms with van der Waals surface area (Å²) in [5.41, 5.74) is 2.22. The quantitative estimate of drug-likeness (QED) is 0.215. The average molecular weight is 634 g/mol. The monoisotopic (exact) mass is 632 g/mol. The molecule has 0 atom stereocenters. The van der Waals surface area contributed by atoms with E-state index in [2.05, 4.69) is 19.4 Å². The maximum Gasteiger partial charge on any atom is 0.261 e. The second-order valence-electron chi connectivity index (χ2n) is 8.60. The molecule has 0 unspecified atom stereocenters. The standard InChI is InChI=1S/2C15H12N2O2S.Zn/c2*18-20(19,13-8-2-1-3-9-13)17-14-10-4-6-12-7-5-11-16-15(12)14;/h2*1-11,17H;. The van der Waals surface area contributed by atoms with Crippen LogP contribution in [0.5, 0.6) is 0 Å². The third-order valence-electron chi connectivity index (χ3n) is 5.86. The van der Waals surface area contributed by atoms with Gasteiger partial charge in [-0.1, -0.05) is 72.8 Å². The number of sulfonamides is 2. The summed E-state index contributed by atoms with van der Waals surface area (Å²) in [6, 6.07) is 34.7. The Morgan fingerprint density at radius 3 is 1.20 bits per heavy atom. The van der Waals surface area contributed by atoms with E-state index in [1.807, 2.05) is 36.4 Å². The van der Waals surface area contributed by atoms with Crippen LogP contribution in [0.4, 0.5) is 11.4 Å². The van der Waals surface area contributed by atoms with Gasteiger partial charge in [-0.05, 0) is 48.5 Å². The first-order valence-corrected chi connectivity index (χ1v) is 15.1. The average Bonchev–Trinajstić information content (AvgIpc) is 2.99. The summed E-state index contributed by atoms with van der Waals surface area (Å²) in [7, 11) is -7.19. The van der Waals surface area contributed by atoms with Gasteiger partial charge in [0, 0.05) is 42.6 Å². The topological polar surface area (TPSA) is 118 Å². The molecule has 2 aromatic heterocycles. The van der Waals surface area contributed by atoms with Crippen molar-refractivity contribution >= 4 is 53.2 Å². The van der Waals surface area contributed by atoms with Crippen molar-refractivity contribution in [2.75, 3.05) is 9.44 Å². The van der Waals surface area contributed by atoms with E-state index in [0.717, 1.165) is 10.8 Å². The van der Waals surface area contributed by atoms with Crippen molar-refractivity contribution in [3.05, 3.63) is 134 Å². The normalized spacial score (nSPS) is 11.1. The Bertz CT molecular complexity index is 1830. The van der Waals surface area contributed by atoms with Crippen LogP contribution in [0.2, 0.25) is 0 Å². The minimum Gasteiger partial charge on any atom is -0.277 e. The van der Waals surface area contributed by atoms with E-state index in [1.54, 1.807) is 97.3 Å². The zero-order chi connectivity index (χ0) is 28.0. The first kappa shape index (κ1) is 29.8. The fraction of sp³-hybridized carbons (Fsp3) is 0. The summed E-state index contributed by atoms with van der Waals surface area (Å²) >= 11 is 0. The Morgan fingerprint density at radius 1 is 0.439 bits per heavy atom. The van der Waals surface area contributed by atoms with Gasteiger partial charge in [-0.3, -0.25) is 19.4 Å². The van der Waals surface area contributed by atoms with Crippen LogP contribution < -0.4 is 9.44 Å². The molecule has 2 N–H and O–H groups in total. The molecule has 0 bridgehead atoms. The summed E-state index contributed by atoms with van der Waals surface area (Å²) in [6.07, 6.45) is 3.28. The number of benzene rings is 4. The predicted octanol–water partition coefficient (Wildman–Crippen LogP) is 6.07. The molecule has 0 saturated heterocycles. The molecule has 0 saturated carbocycles. The number of para-hydroxylation sites is 2. The Morgan fingerprint density at radius 2 is 0.805 bits per heavy atom. The van der Waals surface area contributed by atoms with Crippen LogP contribution in [-0.4, -0.2) is 26.8 Å². The summed E-state index contributed by atoms with van der Waals surface area (Å²) < 4.78 is 54.4. The van der Waals surface area contributed by atoms with Crippen molar-refractivity contribution in [2.24, 2.45) is 0 Å². The molecule has 0 amide bonds. The van der Waals surface area contributed by atoms with Crippen molar-refractivity contribution in [1.82, 2.24) is 9.97 Å². The SMILES string of the molecule is O=S(=O)(Nc1cccc2cccnc12)c1ccccc1.O=S(=O)(Nc1cccc2cccnc12)c1ccccc1.[Zn]. The van der Waals surface area contributed by atoms with E-state index in [4.69, 9.17) is 0 Å². The molecule has 0 spiro atoms. The molecule has 2 heterocycles. The van der Waals surface area contributed by atoms with E-state index in [9.17, 15) is 16.8 Å². The van der Waals surface area contributed by atoms with Crippen molar-refractivity contribution in [3.63, 3.8) is 0 Å². The number of hydrogen-bond acceptors (Lipinski definition) is 6. The fourth-order valence-corrected chi connectivity index (χ4v) is 6.15. The maximum absolute atomic E-state index is 12.3. The van der Waals surface area contributed by atoms with E-state index in [0.29, 0.717) is 22.4 Å². The minimum atomic E-state index is -3.59. The molecule has 0 fully saturated rings. The molecule has 0 radical (unpaired) electrons. The molecule has 0 aliphatic rings. The van der Waals surface area contributed by atoms with Gasteiger partial charge in [0.25, 0.3) is 20.0 Å². The summed E-state index contributed by atoms with van der Waals surface area (Å²) in [5.74, 6) is 0. The van der Waals surface area contributed by atoms with Crippen LogP contribution in [0.15, 0.2) is 144 Å². The smallest absolute Gasteiger partial charge is 0.261 e. The molecule has 11 heteroatoms. The molecule has 202 valence electrons. The molecule has 8 nitrogen and oxygen atoms in total. The zero-order valence-electron chi connectivity index (χ0n) is 21.8. The first-order chi connectivity index (χ1) is 19.3. The van der Waals surface area contributed by atoms with Gasteiger partial charge < -0.3 is 0 Å². The minimum absolute atomic E-state index is 0. The number of nitrogens with zero attached hydrogens (tertiary/aromatic N) is 2. The zero-order valence-corrected chi connectivity index (χ0v) is 26.4. The molecule has 6 aromatic rings. The van der Waals surface area contributed by atoms with E-state index >= 15 is 0 Å². The summed E-state index contributed by atoms with van der Waals surface area (Å²) in [5, 5.41) is 1.78. The van der Waals surface area contributed by atoms with Crippen molar-refractivity contribution in [3.8, 4) is 0 Å². The number of anilines is 2. The van der Waals surface area contributed by atoms with Crippen LogP contribution in [0.25, 0.3) is 21.8 Å². The van der Waals surface area contributed by atoms with E-state index in [-0.39, 0.29) is 29.3 Å². The number of hydrogen-bond donors (Lipinski definition) is 2. The molecule has 41 heavy (non-hydrogen) atoms. The van der Waals surface area contributed by atoms with Crippen LogP contribution in [-0.2, 0) is 39.5 Å². The second kappa shape index (κ2) is 13.0. The molecule has 0 aliphatic heterocycles. The first-order valence-electron chi connectivity index (χ1n) is 12.2. The van der Waals surface area contributed by atoms with Crippen LogP contribution in [0.3, 0.4) is 0 Å². The van der Waals surface area contributed by atoms with Crippen LogP contribution >= 0.6 is 0 Å². The van der Waals surface area contributed by atoms with Crippen molar-refractivity contribution in [1.29, 1.82) is 0 Å². The number of fused-ring (bicyclic) bond motifs is 2. The maximum atomic E-state index is 12.3. The van der Waals surface area contributed by atoms with Crippen LogP contribution in [0, 0.1) is 0 Å². The van der Waals surface area contributed by atoms with E-state index in [1.165, 1.54) is 0 Å². The van der Waals surface area contributed by atoms with Gasteiger partial charge in [0.05, 0.1) is 32.2 Å². The molecule has 6 rings (SSSR count). The van der Waals surface area contributed by atoms with E-state index < -0.39 is 20.0 Å². The summed E-state index contributed by atoms with van der Waals surface area (Å²) in [4.78, 5) is 8.92. The van der Waals surface area contributed by atoms with Gasteiger partial charge in [0.1, 0.15) is 0 Å². The molecule has 0 aliphatic carbocycles. The molecular weight excluding hydrogens is 610 g/mol. The number of rotatable bonds is 6. The number of aromatic nitrogens is 2. The third-order valence-corrected chi connectivity index (χ3v) is 8.62. The van der Waals surface area contributed by atoms with Gasteiger partial charge in [-0.15, -0.1) is 0 Å².